The number of piperidine rings is 1. The number of ether oxygens (including phenoxy) is 1. The molecular weight excluding hydrogens is 328 g/mol. The van der Waals surface area contributed by atoms with Crippen molar-refractivity contribution in [2.24, 2.45) is 5.92 Å². The van der Waals surface area contributed by atoms with Crippen LogP contribution in [-0.4, -0.2) is 44.8 Å². The number of nitrogens with zero attached hydrogens (tertiary/aromatic N) is 1. The summed E-state index contributed by atoms with van der Waals surface area (Å²) in [7, 11) is -2.93. The molecule has 1 aliphatic heterocycles. The van der Waals surface area contributed by atoms with E-state index >= 15 is 0 Å². The second kappa shape index (κ2) is 6.16. The second-order valence-electron chi connectivity index (χ2n) is 5.72. The lowest BCUT2D eigenvalue weighted by Gasteiger charge is -2.36. The molecule has 0 radical (unpaired) electrons. The van der Waals surface area contributed by atoms with Crippen LogP contribution in [0.15, 0.2) is 23.1 Å². The fourth-order valence-corrected chi connectivity index (χ4v) is 4.37. The number of hydrogen-bond donors (Lipinski definition) is 0. The average Bonchev–Trinajstić information content (AvgIpc) is 2.45. The first-order chi connectivity index (χ1) is 10.6. The van der Waals surface area contributed by atoms with E-state index in [1.807, 2.05) is 6.92 Å². The van der Waals surface area contributed by atoms with Gasteiger partial charge in [-0.25, -0.2) is 17.2 Å². The lowest BCUT2D eigenvalue weighted by molar-refractivity contribution is -0.166. The van der Waals surface area contributed by atoms with E-state index in [2.05, 4.69) is 4.74 Å². The number of methoxy groups -OCH3 is 1. The van der Waals surface area contributed by atoms with Crippen LogP contribution in [0.1, 0.15) is 17.5 Å². The molecule has 0 bridgehead atoms. The minimum Gasteiger partial charge on any atom is -0.469 e. The smallest absolute Gasteiger partial charge is 0.316 e. The molecule has 1 saturated heterocycles. The van der Waals surface area contributed by atoms with Gasteiger partial charge in [0.25, 0.3) is 5.92 Å². The third-order valence-corrected chi connectivity index (χ3v) is 6.05. The Kier molecular flexibility index (Phi) is 4.77. The Morgan fingerprint density at radius 1 is 1.35 bits per heavy atom. The van der Waals surface area contributed by atoms with E-state index in [0.717, 1.165) is 17.0 Å². The van der Waals surface area contributed by atoms with E-state index < -0.39 is 40.8 Å². The largest absolute Gasteiger partial charge is 0.469 e. The number of hydrogen-bond acceptors (Lipinski definition) is 4. The van der Waals surface area contributed by atoms with Crippen LogP contribution in [0.5, 0.6) is 0 Å². The van der Waals surface area contributed by atoms with Crippen LogP contribution in [0.2, 0.25) is 0 Å². The first kappa shape index (κ1) is 17.8. The van der Waals surface area contributed by atoms with Crippen molar-refractivity contribution in [1.29, 1.82) is 0 Å². The van der Waals surface area contributed by atoms with Crippen molar-refractivity contribution >= 4 is 16.0 Å². The molecule has 0 spiro atoms. The SMILES string of the molecule is COC(=O)C1CN(S(=O)(=O)c2ccc(C)cc2C)CCC1(F)F. The summed E-state index contributed by atoms with van der Waals surface area (Å²) in [6, 6.07) is 4.82. The molecule has 1 atom stereocenters. The van der Waals surface area contributed by atoms with Crippen molar-refractivity contribution in [3.05, 3.63) is 29.3 Å². The fourth-order valence-electron chi connectivity index (χ4n) is 2.71. The van der Waals surface area contributed by atoms with Gasteiger partial charge in [0.15, 0.2) is 0 Å². The fraction of sp³-hybridized carbons (Fsp3) is 0.533. The molecule has 0 aliphatic carbocycles. The van der Waals surface area contributed by atoms with Gasteiger partial charge in [0.1, 0.15) is 5.92 Å². The number of alkyl halides is 2. The molecule has 8 heteroatoms. The predicted molar refractivity (Wildman–Crippen MR) is 79.7 cm³/mol. The van der Waals surface area contributed by atoms with Crippen LogP contribution in [0.25, 0.3) is 0 Å². The molecule has 0 N–H and O–H groups in total. The summed E-state index contributed by atoms with van der Waals surface area (Å²) in [5.74, 6) is -6.17. The molecule has 0 aromatic heterocycles. The van der Waals surface area contributed by atoms with Gasteiger partial charge in [-0.1, -0.05) is 17.7 Å². The van der Waals surface area contributed by atoms with Crippen LogP contribution < -0.4 is 0 Å². The Labute approximate surface area is 134 Å². The Hall–Kier alpha value is -1.54. The van der Waals surface area contributed by atoms with Crippen LogP contribution in [-0.2, 0) is 19.6 Å². The molecule has 5 nitrogen and oxygen atoms in total. The summed E-state index contributed by atoms with van der Waals surface area (Å²) in [5, 5.41) is 0. The Bertz CT molecular complexity index is 718. The molecule has 1 heterocycles. The van der Waals surface area contributed by atoms with Gasteiger partial charge in [0, 0.05) is 19.5 Å². The van der Waals surface area contributed by atoms with Crippen molar-refractivity contribution in [1.82, 2.24) is 4.31 Å². The number of aryl methyl sites for hydroxylation is 2. The maximum atomic E-state index is 13.9. The monoisotopic (exact) mass is 347 g/mol. The maximum Gasteiger partial charge on any atom is 0.316 e. The highest BCUT2D eigenvalue weighted by atomic mass is 32.2. The summed E-state index contributed by atoms with van der Waals surface area (Å²) in [6.45, 7) is 2.56. The number of esters is 1. The highest BCUT2D eigenvalue weighted by Crippen LogP contribution is 2.36. The normalized spacial score (nSPS) is 21.9. The van der Waals surface area contributed by atoms with Crippen molar-refractivity contribution in [3.8, 4) is 0 Å². The van der Waals surface area contributed by atoms with E-state index in [-0.39, 0.29) is 11.4 Å². The third-order valence-electron chi connectivity index (χ3n) is 4.02. The Balaban J connectivity index is 2.36. The summed E-state index contributed by atoms with van der Waals surface area (Å²) < 4.78 is 58.5. The minimum absolute atomic E-state index is 0.0666. The third kappa shape index (κ3) is 3.37. The van der Waals surface area contributed by atoms with Crippen LogP contribution in [0.3, 0.4) is 0 Å². The quantitative estimate of drug-likeness (QED) is 0.786. The zero-order valence-corrected chi connectivity index (χ0v) is 14.0. The summed E-state index contributed by atoms with van der Waals surface area (Å²) in [5.41, 5.74) is 1.44. The molecule has 0 amide bonds. The van der Waals surface area contributed by atoms with E-state index in [1.54, 1.807) is 19.1 Å². The summed E-state index contributed by atoms with van der Waals surface area (Å²) in [4.78, 5) is 11.6. The van der Waals surface area contributed by atoms with Crippen molar-refractivity contribution < 1.29 is 26.7 Å². The van der Waals surface area contributed by atoms with Crippen molar-refractivity contribution in [2.75, 3.05) is 20.2 Å². The van der Waals surface area contributed by atoms with Crippen molar-refractivity contribution in [2.45, 2.75) is 31.1 Å². The molecule has 1 aromatic carbocycles. The predicted octanol–water partition coefficient (Wildman–Crippen LogP) is 2.12. The molecule has 128 valence electrons. The highest BCUT2D eigenvalue weighted by molar-refractivity contribution is 7.89. The Morgan fingerprint density at radius 3 is 2.57 bits per heavy atom. The topological polar surface area (TPSA) is 63.7 Å². The lowest BCUT2D eigenvalue weighted by Crippen LogP contribution is -2.52. The Morgan fingerprint density at radius 2 is 2.00 bits per heavy atom. The molecule has 1 unspecified atom stereocenters. The molecule has 0 saturated carbocycles. The first-order valence-electron chi connectivity index (χ1n) is 7.12. The number of carbonyl (C=O) groups is 1. The van der Waals surface area contributed by atoms with Gasteiger partial charge in [0.2, 0.25) is 10.0 Å². The zero-order valence-electron chi connectivity index (χ0n) is 13.2. The van der Waals surface area contributed by atoms with Gasteiger partial charge in [-0.05, 0) is 25.5 Å². The number of rotatable bonds is 3. The number of carbonyl (C=O) groups excluding carboxylic acids is 1. The lowest BCUT2D eigenvalue weighted by atomic mass is 9.95. The van der Waals surface area contributed by atoms with Gasteiger partial charge >= 0.3 is 5.97 Å². The van der Waals surface area contributed by atoms with Crippen LogP contribution in [0.4, 0.5) is 8.78 Å². The molecule has 1 aromatic rings. The van der Waals surface area contributed by atoms with Gasteiger partial charge < -0.3 is 4.74 Å². The standard InChI is InChI=1S/C15H19F2NO4S/c1-10-4-5-13(11(2)8-10)23(20,21)18-7-6-15(16,17)12(9-18)14(19)22-3/h4-5,8,12H,6-7,9H2,1-3H3. The summed E-state index contributed by atoms with van der Waals surface area (Å²) in [6.07, 6.45) is -0.711. The maximum absolute atomic E-state index is 13.9. The summed E-state index contributed by atoms with van der Waals surface area (Å²) >= 11 is 0. The molecule has 1 fully saturated rings. The van der Waals surface area contributed by atoms with E-state index in [9.17, 15) is 22.0 Å². The van der Waals surface area contributed by atoms with Gasteiger partial charge in [-0.15, -0.1) is 0 Å². The van der Waals surface area contributed by atoms with Gasteiger partial charge in [-0.2, -0.15) is 4.31 Å². The second-order valence-corrected chi connectivity index (χ2v) is 7.63. The van der Waals surface area contributed by atoms with Crippen molar-refractivity contribution in [3.63, 3.8) is 0 Å². The van der Waals surface area contributed by atoms with Crippen LogP contribution >= 0.6 is 0 Å². The highest BCUT2D eigenvalue weighted by Gasteiger charge is 2.51. The van der Waals surface area contributed by atoms with Crippen LogP contribution in [0, 0.1) is 19.8 Å². The average molecular weight is 347 g/mol. The molecule has 1 aliphatic rings. The molecule has 2 rings (SSSR count). The number of sulfonamides is 1. The van der Waals surface area contributed by atoms with E-state index in [0.29, 0.717) is 5.56 Å². The number of halogens is 2. The van der Waals surface area contributed by atoms with Gasteiger partial charge in [0.05, 0.1) is 12.0 Å². The minimum atomic E-state index is -3.94. The molecule has 23 heavy (non-hydrogen) atoms. The molecular formula is C15H19F2NO4S. The first-order valence-corrected chi connectivity index (χ1v) is 8.56. The van der Waals surface area contributed by atoms with E-state index in [1.165, 1.54) is 6.07 Å². The van der Waals surface area contributed by atoms with Gasteiger partial charge in [-0.3, -0.25) is 4.79 Å². The van der Waals surface area contributed by atoms with E-state index in [4.69, 9.17) is 0 Å². The number of benzene rings is 1. The zero-order chi connectivity index (χ0) is 17.4.